The van der Waals surface area contributed by atoms with Crippen molar-refractivity contribution in [2.24, 2.45) is 5.73 Å². The van der Waals surface area contributed by atoms with Gasteiger partial charge in [-0.25, -0.2) is 0 Å². The van der Waals surface area contributed by atoms with Crippen molar-refractivity contribution in [3.8, 4) is 0 Å². The van der Waals surface area contributed by atoms with Crippen molar-refractivity contribution >= 4 is 5.84 Å². The van der Waals surface area contributed by atoms with Crippen molar-refractivity contribution in [2.45, 2.75) is 38.6 Å². The van der Waals surface area contributed by atoms with E-state index in [1.54, 1.807) is 0 Å². The van der Waals surface area contributed by atoms with E-state index in [1.165, 1.54) is 18.4 Å². The first-order valence-corrected chi connectivity index (χ1v) is 6.66. The fourth-order valence-corrected chi connectivity index (χ4v) is 2.03. The largest absolute Gasteiger partial charge is 0.388 e. The molecule has 0 amide bonds. The SMILES string of the molecule is CC(CC(=N)N)N(C)CCCCc1ccccc1. The fraction of sp³-hybridized carbons (Fsp3) is 0.533. The molecule has 0 fully saturated rings. The summed E-state index contributed by atoms with van der Waals surface area (Å²) < 4.78 is 0. The van der Waals surface area contributed by atoms with Crippen LogP contribution in [0.4, 0.5) is 0 Å². The predicted molar refractivity (Wildman–Crippen MR) is 78.0 cm³/mol. The molecular weight excluding hydrogens is 222 g/mol. The zero-order chi connectivity index (χ0) is 13.4. The normalized spacial score (nSPS) is 12.6. The van der Waals surface area contributed by atoms with Crippen LogP contribution in [0.5, 0.6) is 0 Å². The Morgan fingerprint density at radius 3 is 2.56 bits per heavy atom. The number of unbranched alkanes of at least 4 members (excludes halogenated alkanes) is 1. The highest BCUT2D eigenvalue weighted by atomic mass is 15.1. The topological polar surface area (TPSA) is 53.1 Å². The second kappa shape index (κ2) is 7.88. The fourth-order valence-electron chi connectivity index (χ4n) is 2.03. The number of rotatable bonds is 8. The van der Waals surface area contributed by atoms with E-state index >= 15 is 0 Å². The molecule has 3 nitrogen and oxygen atoms in total. The van der Waals surface area contributed by atoms with Gasteiger partial charge in [-0.1, -0.05) is 30.3 Å². The molecule has 3 N–H and O–H groups in total. The molecule has 0 radical (unpaired) electrons. The maximum absolute atomic E-state index is 7.29. The lowest BCUT2D eigenvalue weighted by molar-refractivity contribution is 0.257. The predicted octanol–water partition coefficient (Wildman–Crippen LogP) is 2.66. The summed E-state index contributed by atoms with van der Waals surface area (Å²) in [6, 6.07) is 11.0. The Balaban J connectivity index is 2.16. The van der Waals surface area contributed by atoms with Crippen molar-refractivity contribution in [1.29, 1.82) is 5.41 Å². The number of aryl methyl sites for hydroxylation is 1. The molecule has 0 bridgehead atoms. The smallest absolute Gasteiger partial charge is 0.0920 e. The molecule has 1 atom stereocenters. The van der Waals surface area contributed by atoms with E-state index in [0.29, 0.717) is 12.5 Å². The maximum Gasteiger partial charge on any atom is 0.0920 e. The van der Waals surface area contributed by atoms with Gasteiger partial charge in [-0.3, -0.25) is 5.41 Å². The van der Waals surface area contributed by atoms with Crippen LogP contribution in [-0.2, 0) is 6.42 Å². The quantitative estimate of drug-likeness (QED) is 0.421. The third kappa shape index (κ3) is 5.82. The van der Waals surface area contributed by atoms with Gasteiger partial charge in [0.15, 0.2) is 0 Å². The lowest BCUT2D eigenvalue weighted by Crippen LogP contribution is -2.33. The van der Waals surface area contributed by atoms with Gasteiger partial charge in [0, 0.05) is 12.5 Å². The summed E-state index contributed by atoms with van der Waals surface area (Å²) in [6.07, 6.45) is 4.21. The number of nitrogens with two attached hydrogens (primary N) is 1. The van der Waals surface area contributed by atoms with E-state index in [2.05, 4.69) is 49.2 Å². The Hall–Kier alpha value is -1.35. The minimum absolute atomic E-state index is 0.277. The first-order chi connectivity index (χ1) is 8.59. The Bertz CT molecular complexity index is 348. The molecule has 100 valence electrons. The van der Waals surface area contributed by atoms with E-state index < -0.39 is 0 Å². The molecule has 0 aromatic heterocycles. The van der Waals surface area contributed by atoms with Crippen LogP contribution in [0.1, 0.15) is 31.7 Å². The van der Waals surface area contributed by atoms with Gasteiger partial charge in [0.05, 0.1) is 5.84 Å². The number of nitrogens with zero attached hydrogens (tertiary/aromatic N) is 1. The molecule has 3 heteroatoms. The Morgan fingerprint density at radius 2 is 1.94 bits per heavy atom. The molecule has 0 saturated carbocycles. The van der Waals surface area contributed by atoms with Crippen molar-refractivity contribution in [1.82, 2.24) is 4.90 Å². The molecule has 1 unspecified atom stereocenters. The van der Waals surface area contributed by atoms with Crippen LogP contribution < -0.4 is 5.73 Å². The Morgan fingerprint density at radius 1 is 1.28 bits per heavy atom. The number of benzene rings is 1. The molecule has 1 aromatic carbocycles. The van der Waals surface area contributed by atoms with E-state index in [9.17, 15) is 0 Å². The van der Waals surface area contributed by atoms with Gasteiger partial charge in [-0.15, -0.1) is 0 Å². The van der Waals surface area contributed by atoms with Crippen molar-refractivity contribution in [3.05, 3.63) is 35.9 Å². The van der Waals surface area contributed by atoms with Crippen LogP contribution in [0.25, 0.3) is 0 Å². The standard InChI is InChI=1S/C15H25N3/c1-13(12-15(16)17)18(2)11-7-6-10-14-8-4-3-5-9-14/h3-5,8-9,13H,6-7,10-12H2,1-2H3,(H3,16,17). The summed E-state index contributed by atoms with van der Waals surface area (Å²) in [6.45, 7) is 3.19. The lowest BCUT2D eigenvalue weighted by Gasteiger charge is -2.24. The summed E-state index contributed by atoms with van der Waals surface area (Å²) in [4.78, 5) is 2.28. The van der Waals surface area contributed by atoms with Gasteiger partial charge in [0.25, 0.3) is 0 Å². The Labute approximate surface area is 111 Å². The second-order valence-corrected chi connectivity index (χ2v) is 5.00. The molecule has 0 aliphatic rings. The first-order valence-electron chi connectivity index (χ1n) is 6.66. The third-order valence-electron chi connectivity index (χ3n) is 3.34. The van der Waals surface area contributed by atoms with Gasteiger partial charge in [0.1, 0.15) is 0 Å². The highest BCUT2D eigenvalue weighted by Gasteiger charge is 2.09. The number of hydrogen-bond acceptors (Lipinski definition) is 2. The van der Waals surface area contributed by atoms with Crippen LogP contribution in [0.3, 0.4) is 0 Å². The highest BCUT2D eigenvalue weighted by molar-refractivity contribution is 5.77. The minimum atomic E-state index is 0.277. The molecule has 0 spiro atoms. The minimum Gasteiger partial charge on any atom is -0.388 e. The number of nitrogens with one attached hydrogen (secondary N) is 1. The van der Waals surface area contributed by atoms with E-state index in [4.69, 9.17) is 11.1 Å². The van der Waals surface area contributed by atoms with Gasteiger partial charge in [-0.05, 0) is 45.3 Å². The summed E-state index contributed by atoms with van der Waals surface area (Å²) in [5, 5.41) is 7.29. The van der Waals surface area contributed by atoms with Crippen molar-refractivity contribution in [2.75, 3.05) is 13.6 Å². The molecule has 0 saturated heterocycles. The zero-order valence-corrected chi connectivity index (χ0v) is 11.5. The molecule has 1 rings (SSSR count). The van der Waals surface area contributed by atoms with Crippen LogP contribution in [0, 0.1) is 5.41 Å². The van der Waals surface area contributed by atoms with Gasteiger partial charge >= 0.3 is 0 Å². The van der Waals surface area contributed by atoms with Crippen LogP contribution in [-0.4, -0.2) is 30.4 Å². The van der Waals surface area contributed by atoms with Gasteiger partial charge < -0.3 is 10.6 Å². The van der Waals surface area contributed by atoms with Crippen LogP contribution >= 0.6 is 0 Å². The summed E-state index contributed by atoms with van der Waals surface area (Å²) in [5.74, 6) is 0.277. The average Bonchev–Trinajstić information content (AvgIpc) is 2.34. The monoisotopic (exact) mass is 247 g/mol. The maximum atomic E-state index is 7.29. The molecule has 18 heavy (non-hydrogen) atoms. The Kier molecular flexibility index (Phi) is 6.44. The summed E-state index contributed by atoms with van der Waals surface area (Å²) in [7, 11) is 2.11. The van der Waals surface area contributed by atoms with Crippen LogP contribution in [0.15, 0.2) is 30.3 Å². The molecule has 0 aliphatic heterocycles. The lowest BCUT2D eigenvalue weighted by atomic mass is 10.1. The van der Waals surface area contributed by atoms with Gasteiger partial charge in [0.2, 0.25) is 0 Å². The molecule has 0 aliphatic carbocycles. The molecule has 1 aromatic rings. The van der Waals surface area contributed by atoms with Gasteiger partial charge in [-0.2, -0.15) is 0 Å². The number of amidine groups is 1. The summed E-state index contributed by atoms with van der Waals surface area (Å²) in [5.41, 5.74) is 6.83. The van der Waals surface area contributed by atoms with Crippen LogP contribution in [0.2, 0.25) is 0 Å². The third-order valence-corrected chi connectivity index (χ3v) is 3.34. The molecular formula is C15H25N3. The van der Waals surface area contributed by atoms with E-state index in [0.717, 1.165) is 13.0 Å². The molecule has 0 heterocycles. The average molecular weight is 247 g/mol. The van der Waals surface area contributed by atoms with Crippen molar-refractivity contribution < 1.29 is 0 Å². The second-order valence-electron chi connectivity index (χ2n) is 5.00. The van der Waals surface area contributed by atoms with E-state index in [-0.39, 0.29) is 5.84 Å². The zero-order valence-electron chi connectivity index (χ0n) is 11.5. The highest BCUT2D eigenvalue weighted by Crippen LogP contribution is 2.07. The number of hydrogen-bond donors (Lipinski definition) is 2. The van der Waals surface area contributed by atoms with E-state index in [1.807, 2.05) is 0 Å². The first kappa shape index (κ1) is 14.7. The van der Waals surface area contributed by atoms with Crippen molar-refractivity contribution in [3.63, 3.8) is 0 Å². The summed E-state index contributed by atoms with van der Waals surface area (Å²) >= 11 is 0.